The molecule has 8 nitrogen and oxygen atoms in total. The molecule has 0 bridgehead atoms. The molecule has 0 saturated heterocycles. The summed E-state index contributed by atoms with van der Waals surface area (Å²) in [5, 5.41) is 0. The molecule has 1 N–H and O–H groups in total. The van der Waals surface area contributed by atoms with Crippen molar-refractivity contribution in [3.63, 3.8) is 0 Å². The second-order valence-electron chi connectivity index (χ2n) is 5.72. The molecule has 2 aromatic carbocycles. The molecule has 9 heteroatoms. The van der Waals surface area contributed by atoms with Gasteiger partial charge in [0.15, 0.2) is 6.61 Å². The number of methoxy groups -OCH3 is 2. The standard InChI is InChI=1S/C18H22N2O6S/c1-20(2)18(21)12-26-13-5-8-15(9-6-13)27(22,23)19-16-11-14(24-3)7-10-17(16)25-4/h5-11,19H,12H2,1-4H3. The molecule has 0 aliphatic carbocycles. The Morgan fingerprint density at radius 1 is 1.00 bits per heavy atom. The molecule has 0 spiro atoms. The Balaban J connectivity index is 2.16. The van der Waals surface area contributed by atoms with Crippen molar-refractivity contribution < 1.29 is 27.4 Å². The SMILES string of the molecule is COc1ccc(OC)c(NS(=O)(=O)c2ccc(OCC(=O)N(C)C)cc2)c1. The molecule has 27 heavy (non-hydrogen) atoms. The summed E-state index contributed by atoms with van der Waals surface area (Å²) in [5.41, 5.74) is 0.258. The number of benzene rings is 2. The first kappa shape index (κ1) is 20.4. The van der Waals surface area contributed by atoms with Crippen LogP contribution in [-0.4, -0.2) is 54.1 Å². The van der Waals surface area contributed by atoms with E-state index in [1.54, 1.807) is 26.2 Å². The normalized spacial score (nSPS) is 10.8. The van der Waals surface area contributed by atoms with Crippen molar-refractivity contribution in [3.8, 4) is 17.2 Å². The summed E-state index contributed by atoms with van der Waals surface area (Å²) in [4.78, 5) is 13.0. The summed E-state index contributed by atoms with van der Waals surface area (Å²) in [6.45, 7) is -0.127. The average molecular weight is 394 g/mol. The highest BCUT2D eigenvalue weighted by molar-refractivity contribution is 7.92. The van der Waals surface area contributed by atoms with Crippen molar-refractivity contribution in [1.29, 1.82) is 0 Å². The second-order valence-corrected chi connectivity index (χ2v) is 7.40. The van der Waals surface area contributed by atoms with Crippen LogP contribution in [0.15, 0.2) is 47.4 Å². The molecule has 0 atom stereocenters. The Morgan fingerprint density at radius 3 is 2.19 bits per heavy atom. The van der Waals surface area contributed by atoms with Crippen LogP contribution in [0.1, 0.15) is 0 Å². The number of ether oxygens (including phenoxy) is 3. The Bertz CT molecular complexity index is 895. The fraction of sp³-hybridized carbons (Fsp3) is 0.278. The summed E-state index contributed by atoms with van der Waals surface area (Å²) in [7, 11) is 2.33. The van der Waals surface area contributed by atoms with Gasteiger partial charge in [0.1, 0.15) is 17.2 Å². The summed E-state index contributed by atoms with van der Waals surface area (Å²) >= 11 is 0. The minimum absolute atomic E-state index is 0.0404. The molecule has 0 radical (unpaired) electrons. The number of amides is 1. The minimum Gasteiger partial charge on any atom is -0.497 e. The van der Waals surface area contributed by atoms with Gasteiger partial charge in [0.25, 0.3) is 15.9 Å². The number of rotatable bonds is 8. The molecular weight excluding hydrogens is 372 g/mol. The number of nitrogens with one attached hydrogen (secondary N) is 1. The van der Waals surface area contributed by atoms with E-state index in [0.717, 1.165) is 0 Å². The number of nitrogens with zero attached hydrogens (tertiary/aromatic N) is 1. The third kappa shape index (κ3) is 5.27. The van der Waals surface area contributed by atoms with Crippen LogP contribution in [0.5, 0.6) is 17.2 Å². The van der Waals surface area contributed by atoms with E-state index in [4.69, 9.17) is 14.2 Å². The summed E-state index contributed by atoms with van der Waals surface area (Å²) in [5.74, 6) is 1.05. The van der Waals surface area contributed by atoms with E-state index in [1.165, 1.54) is 49.5 Å². The van der Waals surface area contributed by atoms with E-state index < -0.39 is 10.0 Å². The third-order valence-electron chi connectivity index (χ3n) is 3.65. The monoisotopic (exact) mass is 394 g/mol. The highest BCUT2D eigenvalue weighted by Crippen LogP contribution is 2.31. The predicted octanol–water partition coefficient (Wildman–Crippen LogP) is 1.97. The third-order valence-corrected chi connectivity index (χ3v) is 5.03. The van der Waals surface area contributed by atoms with Crippen LogP contribution < -0.4 is 18.9 Å². The van der Waals surface area contributed by atoms with Gasteiger partial charge in [-0.1, -0.05) is 0 Å². The molecule has 0 aromatic heterocycles. The zero-order valence-electron chi connectivity index (χ0n) is 15.6. The first-order chi connectivity index (χ1) is 12.8. The summed E-state index contributed by atoms with van der Waals surface area (Å²) < 4.78 is 43.4. The molecule has 0 fully saturated rings. The van der Waals surface area contributed by atoms with Crippen LogP contribution in [0.25, 0.3) is 0 Å². The van der Waals surface area contributed by atoms with E-state index in [-0.39, 0.29) is 23.1 Å². The van der Waals surface area contributed by atoms with Gasteiger partial charge in [-0.2, -0.15) is 0 Å². The largest absolute Gasteiger partial charge is 0.497 e. The van der Waals surface area contributed by atoms with E-state index in [2.05, 4.69) is 4.72 Å². The lowest BCUT2D eigenvalue weighted by Crippen LogP contribution is -2.27. The lowest BCUT2D eigenvalue weighted by atomic mass is 10.3. The lowest BCUT2D eigenvalue weighted by Gasteiger charge is -2.14. The Hall–Kier alpha value is -2.94. The van der Waals surface area contributed by atoms with Crippen LogP contribution in [0.2, 0.25) is 0 Å². The number of anilines is 1. The van der Waals surface area contributed by atoms with Crippen LogP contribution in [0.4, 0.5) is 5.69 Å². The number of hydrogen-bond acceptors (Lipinski definition) is 6. The maximum absolute atomic E-state index is 12.6. The summed E-state index contributed by atoms with van der Waals surface area (Å²) in [6.07, 6.45) is 0. The maximum Gasteiger partial charge on any atom is 0.262 e. The molecule has 2 rings (SSSR count). The summed E-state index contributed by atoms with van der Waals surface area (Å²) in [6, 6.07) is 10.6. The first-order valence-electron chi connectivity index (χ1n) is 7.94. The van der Waals surface area contributed by atoms with E-state index >= 15 is 0 Å². The van der Waals surface area contributed by atoms with Gasteiger partial charge in [-0.3, -0.25) is 9.52 Å². The van der Waals surface area contributed by atoms with Gasteiger partial charge in [-0.05, 0) is 36.4 Å². The van der Waals surface area contributed by atoms with E-state index in [9.17, 15) is 13.2 Å². The zero-order chi connectivity index (χ0) is 20.0. The number of sulfonamides is 1. The average Bonchev–Trinajstić information content (AvgIpc) is 2.65. The quantitative estimate of drug-likeness (QED) is 0.736. The zero-order valence-corrected chi connectivity index (χ0v) is 16.4. The number of likely N-dealkylation sites (N-methyl/N-ethyl adjacent to an activating group) is 1. The van der Waals surface area contributed by atoms with Crippen molar-refractivity contribution in [1.82, 2.24) is 4.90 Å². The highest BCUT2D eigenvalue weighted by atomic mass is 32.2. The van der Waals surface area contributed by atoms with Crippen molar-refractivity contribution in [2.24, 2.45) is 0 Å². The highest BCUT2D eigenvalue weighted by Gasteiger charge is 2.17. The van der Waals surface area contributed by atoms with Crippen LogP contribution >= 0.6 is 0 Å². The smallest absolute Gasteiger partial charge is 0.262 e. The molecule has 0 unspecified atom stereocenters. The van der Waals surface area contributed by atoms with Gasteiger partial charge in [0.05, 0.1) is 24.8 Å². The first-order valence-corrected chi connectivity index (χ1v) is 9.43. The molecule has 0 saturated carbocycles. The predicted molar refractivity (Wildman–Crippen MR) is 101 cm³/mol. The van der Waals surface area contributed by atoms with Crippen molar-refractivity contribution in [2.45, 2.75) is 4.90 Å². The Morgan fingerprint density at radius 2 is 1.63 bits per heavy atom. The van der Waals surface area contributed by atoms with Crippen LogP contribution in [0, 0.1) is 0 Å². The Labute approximate surface area is 158 Å². The van der Waals surface area contributed by atoms with Crippen molar-refractivity contribution in [3.05, 3.63) is 42.5 Å². The fourth-order valence-corrected chi connectivity index (χ4v) is 3.15. The maximum atomic E-state index is 12.6. The molecule has 0 aliphatic heterocycles. The Kier molecular flexibility index (Phi) is 6.51. The molecular formula is C18H22N2O6S. The minimum atomic E-state index is -3.85. The van der Waals surface area contributed by atoms with Crippen LogP contribution in [-0.2, 0) is 14.8 Å². The van der Waals surface area contributed by atoms with Gasteiger partial charge in [-0.15, -0.1) is 0 Å². The van der Waals surface area contributed by atoms with Crippen molar-refractivity contribution >= 4 is 21.6 Å². The van der Waals surface area contributed by atoms with Gasteiger partial charge < -0.3 is 19.1 Å². The van der Waals surface area contributed by atoms with Crippen molar-refractivity contribution in [2.75, 3.05) is 39.6 Å². The van der Waals surface area contributed by atoms with Crippen LogP contribution in [0.3, 0.4) is 0 Å². The molecule has 146 valence electrons. The molecule has 0 heterocycles. The molecule has 1 amide bonds. The molecule has 0 aliphatic rings. The second kappa shape index (κ2) is 8.63. The van der Waals surface area contributed by atoms with Gasteiger partial charge in [-0.25, -0.2) is 8.42 Å². The number of hydrogen-bond donors (Lipinski definition) is 1. The van der Waals surface area contributed by atoms with Gasteiger partial charge in [0, 0.05) is 20.2 Å². The lowest BCUT2D eigenvalue weighted by molar-refractivity contribution is -0.130. The topological polar surface area (TPSA) is 94.2 Å². The van der Waals surface area contributed by atoms with E-state index in [0.29, 0.717) is 17.2 Å². The fourth-order valence-electron chi connectivity index (χ4n) is 2.09. The number of carbonyl (C=O) groups excluding carboxylic acids is 1. The van der Waals surface area contributed by atoms with Gasteiger partial charge in [0.2, 0.25) is 0 Å². The molecule has 2 aromatic rings. The number of carbonyl (C=O) groups is 1. The van der Waals surface area contributed by atoms with Gasteiger partial charge >= 0.3 is 0 Å². The van der Waals surface area contributed by atoms with E-state index in [1.807, 2.05) is 0 Å².